The molecule has 0 saturated carbocycles. The Hall–Kier alpha value is -0.266. The Morgan fingerprint density at radius 3 is 1.45 bits per heavy atom. The molecule has 1 atom stereocenters. The van der Waals surface area contributed by atoms with Gasteiger partial charge in [-0.15, -0.1) is 0 Å². The van der Waals surface area contributed by atoms with E-state index in [9.17, 15) is 9.59 Å². The first-order valence-corrected chi connectivity index (χ1v) is 10.6. The van der Waals surface area contributed by atoms with Gasteiger partial charge in [0.2, 0.25) is 0 Å². The third kappa shape index (κ3) is 6.88. The minimum atomic E-state index is -4.23. The van der Waals surface area contributed by atoms with Gasteiger partial charge < -0.3 is 0 Å². The molecule has 0 aromatic rings. The molecule has 7 heteroatoms. The number of hydrogen-bond acceptors (Lipinski definition) is 6. The summed E-state index contributed by atoms with van der Waals surface area (Å²) >= 11 is -4.23. The van der Waals surface area contributed by atoms with Crippen molar-refractivity contribution in [2.24, 2.45) is 0 Å². The predicted molar refractivity (Wildman–Crippen MR) is 79.7 cm³/mol. The van der Waals surface area contributed by atoms with Crippen LogP contribution in [-0.4, -0.2) is 36.7 Å². The first kappa shape index (κ1) is 21.7. The van der Waals surface area contributed by atoms with Gasteiger partial charge in [-0.1, -0.05) is 0 Å². The number of esters is 1. The molecule has 0 amide bonds. The molecule has 0 bridgehead atoms. The van der Waals surface area contributed by atoms with E-state index in [1.807, 2.05) is 41.5 Å². The Morgan fingerprint density at radius 2 is 1.23 bits per heavy atom. The molecule has 0 spiro atoms. The second-order valence-corrected chi connectivity index (χ2v) is 9.79. The van der Waals surface area contributed by atoms with Gasteiger partial charge in [0.1, 0.15) is 0 Å². The van der Waals surface area contributed by atoms with Crippen molar-refractivity contribution in [2.75, 3.05) is 6.61 Å². The van der Waals surface area contributed by atoms with E-state index in [1.165, 1.54) is 6.92 Å². The molecular formula is C15H30O6Ti. The molecule has 0 aromatic heterocycles. The number of ether oxygens (including phenoxy) is 1. The fourth-order valence-corrected chi connectivity index (χ4v) is 7.39. The van der Waals surface area contributed by atoms with Crippen molar-refractivity contribution in [2.45, 2.75) is 77.9 Å². The Balaban J connectivity index is 5.88. The van der Waals surface area contributed by atoms with Crippen LogP contribution in [0.1, 0.15) is 55.4 Å². The second-order valence-electron chi connectivity index (χ2n) is 5.90. The summed E-state index contributed by atoms with van der Waals surface area (Å²) in [7, 11) is 0. The Bertz CT molecular complexity index is 341. The molecule has 0 heterocycles. The molecule has 0 rings (SSSR count). The normalized spacial score (nSPS) is 13.8. The summed E-state index contributed by atoms with van der Waals surface area (Å²) in [5.41, 5.74) is 0. The zero-order valence-corrected chi connectivity index (χ0v) is 16.5. The van der Waals surface area contributed by atoms with Crippen molar-refractivity contribution >= 4 is 11.8 Å². The average molecular weight is 354 g/mol. The number of rotatable bonds is 10. The molecule has 0 aliphatic carbocycles. The summed E-state index contributed by atoms with van der Waals surface area (Å²) in [5, 5.41) is 0. The number of ketones is 1. The van der Waals surface area contributed by atoms with Gasteiger partial charge in [0.05, 0.1) is 0 Å². The number of carbonyl (C=O) groups excluding carboxylic acids is 2. The molecule has 130 valence electrons. The van der Waals surface area contributed by atoms with Crippen molar-refractivity contribution in [3.8, 4) is 0 Å². The van der Waals surface area contributed by atoms with Crippen molar-refractivity contribution in [3.05, 3.63) is 0 Å². The van der Waals surface area contributed by atoms with Crippen LogP contribution in [0.5, 0.6) is 0 Å². The van der Waals surface area contributed by atoms with Crippen molar-refractivity contribution < 1.29 is 42.0 Å². The fourth-order valence-electron chi connectivity index (χ4n) is 2.06. The number of carbonyl (C=O) groups is 2. The summed E-state index contributed by atoms with van der Waals surface area (Å²) in [6.45, 7) is 14.2. The topological polar surface area (TPSA) is 71.1 Å². The molecule has 1 unspecified atom stereocenters. The van der Waals surface area contributed by atoms with Gasteiger partial charge in [0.25, 0.3) is 0 Å². The summed E-state index contributed by atoms with van der Waals surface area (Å²) < 4.78 is 21.9. The van der Waals surface area contributed by atoms with Crippen LogP contribution in [-0.2, 0) is 42.0 Å². The van der Waals surface area contributed by atoms with Crippen molar-refractivity contribution in [1.82, 2.24) is 0 Å². The van der Waals surface area contributed by atoms with Gasteiger partial charge in [-0.05, 0) is 0 Å². The summed E-state index contributed by atoms with van der Waals surface area (Å²) in [4.78, 5) is 24.5. The van der Waals surface area contributed by atoms with E-state index in [2.05, 4.69) is 0 Å². The molecule has 0 fully saturated rings. The Kier molecular flexibility index (Phi) is 9.66. The van der Waals surface area contributed by atoms with Crippen LogP contribution in [0, 0.1) is 0 Å². The Morgan fingerprint density at radius 1 is 0.864 bits per heavy atom. The standard InChI is InChI=1S/C6H9O3.3C3H7O.Ti/c1-3-9-6(8)4-5(2)7;3*1-3(2)4;/h4H,3H2,1-2H3;3*3H,1-2H3;/q;3*-1;+3. The zero-order valence-electron chi connectivity index (χ0n) is 15.0. The molecule has 0 N–H and O–H groups in total. The molecular weight excluding hydrogens is 324 g/mol. The summed E-state index contributed by atoms with van der Waals surface area (Å²) in [5.74, 6) is -0.975. The first-order chi connectivity index (χ1) is 10.1. The monoisotopic (exact) mass is 354 g/mol. The van der Waals surface area contributed by atoms with E-state index in [-0.39, 0.29) is 30.7 Å². The van der Waals surface area contributed by atoms with Gasteiger partial charge in [0, 0.05) is 0 Å². The molecule has 0 aliphatic heterocycles. The van der Waals surface area contributed by atoms with Crippen molar-refractivity contribution in [1.29, 1.82) is 0 Å². The zero-order chi connectivity index (χ0) is 17.5. The van der Waals surface area contributed by atoms with E-state index in [0.717, 1.165) is 0 Å². The number of Topliss-reactive ketones (excluding diaryl/α,β-unsaturated/α-hetero) is 1. The maximum absolute atomic E-state index is 12.3. The van der Waals surface area contributed by atoms with E-state index in [1.54, 1.807) is 6.92 Å². The average Bonchev–Trinajstić information content (AvgIpc) is 2.24. The van der Waals surface area contributed by atoms with Crippen LogP contribution < -0.4 is 0 Å². The molecule has 0 radical (unpaired) electrons. The van der Waals surface area contributed by atoms with Crippen LogP contribution >= 0.6 is 0 Å². The molecule has 6 nitrogen and oxygen atoms in total. The van der Waals surface area contributed by atoms with Gasteiger partial charge in [-0.2, -0.15) is 0 Å². The van der Waals surface area contributed by atoms with Gasteiger partial charge in [0.15, 0.2) is 0 Å². The van der Waals surface area contributed by atoms with Crippen LogP contribution in [0.3, 0.4) is 0 Å². The van der Waals surface area contributed by atoms with E-state index in [4.69, 9.17) is 14.7 Å². The first-order valence-electron chi connectivity index (χ1n) is 7.76. The third-order valence-corrected chi connectivity index (χ3v) is 8.34. The third-order valence-electron chi connectivity index (χ3n) is 2.48. The minimum absolute atomic E-state index is 0.186. The van der Waals surface area contributed by atoms with E-state index in [0.29, 0.717) is 0 Å². The molecule has 0 aliphatic rings. The van der Waals surface area contributed by atoms with E-state index >= 15 is 0 Å². The second kappa shape index (κ2) is 9.78. The van der Waals surface area contributed by atoms with Gasteiger partial charge >= 0.3 is 138 Å². The van der Waals surface area contributed by atoms with E-state index < -0.39 is 27.9 Å². The number of hydrogen-bond donors (Lipinski definition) is 0. The van der Waals surface area contributed by atoms with Gasteiger partial charge in [-0.3, -0.25) is 0 Å². The van der Waals surface area contributed by atoms with Crippen LogP contribution in [0.25, 0.3) is 0 Å². The summed E-state index contributed by atoms with van der Waals surface area (Å²) in [6.07, 6.45) is -0.684. The van der Waals surface area contributed by atoms with Gasteiger partial charge in [-0.25, -0.2) is 0 Å². The van der Waals surface area contributed by atoms with Crippen LogP contribution in [0.4, 0.5) is 0 Å². The predicted octanol–water partition coefficient (Wildman–Crippen LogP) is 3.10. The fraction of sp³-hybridized carbons (Fsp3) is 0.867. The Labute approximate surface area is 138 Å². The maximum atomic E-state index is 12.3. The summed E-state index contributed by atoms with van der Waals surface area (Å²) in [6, 6.07) is 0. The quantitative estimate of drug-likeness (QED) is 0.341. The SMILES string of the molecule is CCOC(=O)[CH](C(C)=O)[Ti]([O]C(C)C)([O]C(C)C)[O]C(C)C. The van der Waals surface area contributed by atoms with Crippen LogP contribution in [0.15, 0.2) is 0 Å². The molecule has 22 heavy (non-hydrogen) atoms. The molecule has 0 saturated heterocycles. The van der Waals surface area contributed by atoms with Crippen LogP contribution in [0.2, 0.25) is 4.22 Å². The molecule has 0 aromatic carbocycles. The van der Waals surface area contributed by atoms with Crippen molar-refractivity contribution in [3.63, 3.8) is 0 Å².